The van der Waals surface area contributed by atoms with Crippen LogP contribution in [0.4, 0.5) is 0 Å². The predicted molar refractivity (Wildman–Crippen MR) is 56.6 cm³/mol. The summed E-state index contributed by atoms with van der Waals surface area (Å²) in [6.45, 7) is 3.80. The van der Waals surface area contributed by atoms with Gasteiger partial charge in [-0.1, -0.05) is 6.92 Å². The van der Waals surface area contributed by atoms with E-state index < -0.39 is 13.3 Å². The van der Waals surface area contributed by atoms with Crippen molar-refractivity contribution in [3.8, 4) is 0 Å². The molecule has 0 aliphatic heterocycles. The van der Waals surface area contributed by atoms with Crippen molar-refractivity contribution < 1.29 is 23.9 Å². The summed E-state index contributed by atoms with van der Waals surface area (Å²) in [5.74, 6) is -0.307. The predicted octanol–water partition coefficient (Wildman–Crippen LogP) is 1.68. The lowest BCUT2D eigenvalue weighted by Gasteiger charge is -2.15. The SMILES string of the molecule is CCOC(=O)CCCC(CC)P(=O)(O)O. The Balaban J connectivity index is 3.83. The van der Waals surface area contributed by atoms with Gasteiger partial charge in [0.05, 0.1) is 12.3 Å². The molecule has 0 amide bonds. The first-order chi connectivity index (χ1) is 6.91. The summed E-state index contributed by atoms with van der Waals surface area (Å²) >= 11 is 0. The van der Waals surface area contributed by atoms with E-state index in [1.54, 1.807) is 13.8 Å². The smallest absolute Gasteiger partial charge is 0.328 e. The Morgan fingerprint density at radius 2 is 2.00 bits per heavy atom. The molecule has 0 saturated heterocycles. The topological polar surface area (TPSA) is 83.8 Å². The van der Waals surface area contributed by atoms with Crippen LogP contribution in [0.15, 0.2) is 0 Å². The molecule has 15 heavy (non-hydrogen) atoms. The van der Waals surface area contributed by atoms with Crippen LogP contribution in [-0.4, -0.2) is 28.0 Å². The molecule has 90 valence electrons. The van der Waals surface area contributed by atoms with Crippen molar-refractivity contribution in [1.29, 1.82) is 0 Å². The first-order valence-corrected chi connectivity index (χ1v) is 6.80. The van der Waals surface area contributed by atoms with Gasteiger partial charge in [-0.3, -0.25) is 9.36 Å². The van der Waals surface area contributed by atoms with Crippen LogP contribution >= 0.6 is 7.60 Å². The monoisotopic (exact) mass is 238 g/mol. The summed E-state index contributed by atoms with van der Waals surface area (Å²) in [5, 5.41) is 0. The maximum Gasteiger partial charge on any atom is 0.328 e. The highest BCUT2D eigenvalue weighted by Crippen LogP contribution is 2.45. The fourth-order valence-electron chi connectivity index (χ4n) is 1.33. The second-order valence-electron chi connectivity index (χ2n) is 3.35. The molecule has 2 N–H and O–H groups in total. The van der Waals surface area contributed by atoms with Gasteiger partial charge in [0.15, 0.2) is 0 Å². The zero-order valence-electron chi connectivity index (χ0n) is 9.18. The lowest BCUT2D eigenvalue weighted by atomic mass is 10.1. The molecule has 6 heteroatoms. The molecule has 0 aromatic heterocycles. The molecule has 0 aliphatic carbocycles. The van der Waals surface area contributed by atoms with Crippen molar-refractivity contribution in [3.63, 3.8) is 0 Å². The Morgan fingerprint density at radius 1 is 1.40 bits per heavy atom. The maximum absolute atomic E-state index is 10.9. The zero-order valence-corrected chi connectivity index (χ0v) is 10.1. The van der Waals surface area contributed by atoms with Gasteiger partial charge in [0.2, 0.25) is 0 Å². The molecule has 0 rings (SSSR count). The van der Waals surface area contributed by atoms with Crippen molar-refractivity contribution >= 4 is 13.6 Å². The molecule has 1 atom stereocenters. The van der Waals surface area contributed by atoms with Crippen LogP contribution in [0.25, 0.3) is 0 Å². The minimum atomic E-state index is -4.00. The first-order valence-electron chi connectivity index (χ1n) is 5.12. The Labute approximate surface area is 90.0 Å². The van der Waals surface area contributed by atoms with E-state index in [2.05, 4.69) is 0 Å². The number of carbonyl (C=O) groups is 1. The lowest BCUT2D eigenvalue weighted by Crippen LogP contribution is -2.09. The van der Waals surface area contributed by atoms with E-state index in [1.807, 2.05) is 0 Å². The molecule has 1 unspecified atom stereocenters. The van der Waals surface area contributed by atoms with Crippen LogP contribution in [0.5, 0.6) is 0 Å². The number of hydrogen-bond donors (Lipinski definition) is 2. The van der Waals surface area contributed by atoms with Gasteiger partial charge in [-0.2, -0.15) is 0 Å². The minimum Gasteiger partial charge on any atom is -0.466 e. The van der Waals surface area contributed by atoms with Gasteiger partial charge >= 0.3 is 13.6 Å². The van der Waals surface area contributed by atoms with E-state index in [0.717, 1.165) is 0 Å². The number of ether oxygens (including phenoxy) is 1. The molecule has 0 fully saturated rings. The van der Waals surface area contributed by atoms with E-state index in [-0.39, 0.29) is 12.4 Å². The standard InChI is InChI=1S/C9H19O5P/c1-3-8(15(11,12)13)6-5-7-9(10)14-4-2/h8H,3-7H2,1-2H3,(H2,11,12,13). The van der Waals surface area contributed by atoms with Crippen LogP contribution in [0, 0.1) is 0 Å². The summed E-state index contributed by atoms with van der Waals surface area (Å²) in [6, 6.07) is 0. The van der Waals surface area contributed by atoms with Gasteiger partial charge in [-0.15, -0.1) is 0 Å². The van der Waals surface area contributed by atoms with Gasteiger partial charge in [-0.05, 0) is 26.2 Å². The molecule has 5 nitrogen and oxygen atoms in total. The third-order valence-corrected chi connectivity index (χ3v) is 3.75. The van der Waals surface area contributed by atoms with Crippen molar-refractivity contribution in [2.24, 2.45) is 0 Å². The molecular weight excluding hydrogens is 219 g/mol. The second-order valence-corrected chi connectivity index (χ2v) is 5.26. The molecule has 0 spiro atoms. The van der Waals surface area contributed by atoms with E-state index in [9.17, 15) is 9.36 Å². The quantitative estimate of drug-likeness (QED) is 0.520. The second kappa shape index (κ2) is 6.99. The Kier molecular flexibility index (Phi) is 6.81. The van der Waals surface area contributed by atoms with Gasteiger partial charge < -0.3 is 14.5 Å². The summed E-state index contributed by atoms with van der Waals surface area (Å²) in [6.07, 6.45) is 1.47. The third-order valence-electron chi connectivity index (χ3n) is 2.17. The highest BCUT2D eigenvalue weighted by atomic mass is 31.2. The molecular formula is C9H19O5P. The molecule has 0 aliphatic rings. The van der Waals surface area contributed by atoms with Crippen molar-refractivity contribution in [2.75, 3.05) is 6.61 Å². The molecule has 0 heterocycles. The molecule has 0 saturated carbocycles. The van der Waals surface area contributed by atoms with Crippen LogP contribution < -0.4 is 0 Å². The minimum absolute atomic E-state index is 0.227. The van der Waals surface area contributed by atoms with E-state index in [0.29, 0.717) is 25.9 Å². The zero-order chi connectivity index (χ0) is 11.9. The van der Waals surface area contributed by atoms with Crippen LogP contribution in [-0.2, 0) is 14.1 Å². The lowest BCUT2D eigenvalue weighted by molar-refractivity contribution is -0.143. The first kappa shape index (κ1) is 14.6. The fraction of sp³-hybridized carbons (Fsp3) is 0.889. The van der Waals surface area contributed by atoms with Crippen molar-refractivity contribution in [1.82, 2.24) is 0 Å². The maximum atomic E-state index is 10.9. The molecule has 0 aromatic carbocycles. The number of carbonyl (C=O) groups excluding carboxylic acids is 1. The molecule has 0 aromatic rings. The van der Waals surface area contributed by atoms with Gasteiger partial charge in [-0.25, -0.2) is 0 Å². The summed E-state index contributed by atoms with van der Waals surface area (Å²) in [4.78, 5) is 28.8. The molecule has 0 bridgehead atoms. The summed E-state index contributed by atoms with van der Waals surface area (Å²) in [5.41, 5.74) is -0.632. The summed E-state index contributed by atoms with van der Waals surface area (Å²) in [7, 11) is -4.00. The Hall–Kier alpha value is -0.380. The number of esters is 1. The number of hydrogen-bond acceptors (Lipinski definition) is 3. The van der Waals surface area contributed by atoms with E-state index in [4.69, 9.17) is 14.5 Å². The van der Waals surface area contributed by atoms with Crippen LogP contribution in [0.3, 0.4) is 0 Å². The van der Waals surface area contributed by atoms with Gasteiger partial charge in [0.25, 0.3) is 0 Å². The largest absolute Gasteiger partial charge is 0.466 e. The highest BCUT2D eigenvalue weighted by Gasteiger charge is 2.26. The third kappa shape index (κ3) is 6.66. The van der Waals surface area contributed by atoms with E-state index in [1.165, 1.54) is 0 Å². The fourth-order valence-corrected chi connectivity index (χ4v) is 2.32. The van der Waals surface area contributed by atoms with Crippen molar-refractivity contribution in [3.05, 3.63) is 0 Å². The normalized spacial score (nSPS) is 13.6. The molecule has 0 radical (unpaired) electrons. The van der Waals surface area contributed by atoms with Gasteiger partial charge in [0, 0.05) is 6.42 Å². The highest BCUT2D eigenvalue weighted by molar-refractivity contribution is 7.52. The van der Waals surface area contributed by atoms with Crippen LogP contribution in [0.2, 0.25) is 0 Å². The van der Waals surface area contributed by atoms with Gasteiger partial charge in [0.1, 0.15) is 0 Å². The van der Waals surface area contributed by atoms with Crippen molar-refractivity contribution in [2.45, 2.75) is 45.2 Å². The average Bonchev–Trinajstić information content (AvgIpc) is 2.10. The van der Waals surface area contributed by atoms with Crippen LogP contribution in [0.1, 0.15) is 39.5 Å². The summed E-state index contributed by atoms with van der Waals surface area (Å²) < 4.78 is 15.7. The average molecular weight is 238 g/mol. The van der Waals surface area contributed by atoms with E-state index >= 15 is 0 Å². The Bertz CT molecular complexity index is 235. The Morgan fingerprint density at radius 3 is 2.40 bits per heavy atom. The number of rotatable bonds is 7.